The quantitative estimate of drug-likeness (QED) is 0.192. The van der Waals surface area contributed by atoms with Gasteiger partial charge in [-0.2, -0.15) is 10.2 Å². The molecule has 1 aliphatic heterocycles. The molecule has 228 valence electrons. The lowest BCUT2D eigenvalue weighted by Crippen LogP contribution is -2.54. The lowest BCUT2D eigenvalue weighted by Gasteiger charge is -2.24. The predicted octanol–water partition coefficient (Wildman–Crippen LogP) is 6.84. The number of allylic oxidation sites excluding steroid dienone is 4. The molecule has 1 atom stereocenters. The molecule has 0 bridgehead atoms. The molecule has 0 unspecified atom stereocenters. The summed E-state index contributed by atoms with van der Waals surface area (Å²) in [6.45, 7) is 11.6. The number of nitrogens with zero attached hydrogens (tertiary/aromatic N) is 5. The third-order valence-corrected chi connectivity index (χ3v) is 9.26. The number of aromatic nitrogens is 2. The average Bonchev–Trinajstić information content (AvgIpc) is 3.66. The second kappa shape index (κ2) is 12.4. The van der Waals surface area contributed by atoms with Gasteiger partial charge in [-0.1, -0.05) is 112 Å². The van der Waals surface area contributed by atoms with Gasteiger partial charge in [0.2, 0.25) is 6.71 Å². The molecule has 6 heteroatoms. The smallest absolute Gasteiger partial charge is 0.242 e. The minimum Gasteiger partial charge on any atom is -0.308 e. The summed E-state index contributed by atoms with van der Waals surface area (Å²) < 4.78 is 2.06. The van der Waals surface area contributed by atoms with E-state index in [4.69, 9.17) is 10.2 Å². The number of para-hydroxylation sites is 1. The third kappa shape index (κ3) is 5.71. The zero-order chi connectivity index (χ0) is 31.8. The van der Waals surface area contributed by atoms with Gasteiger partial charge in [0.15, 0.2) is 0 Å². The number of hydrazone groups is 1. The first-order valence-electron chi connectivity index (χ1n) is 16.2. The molecule has 0 N–H and O–H groups in total. The van der Waals surface area contributed by atoms with Crippen molar-refractivity contribution in [1.82, 2.24) is 9.78 Å². The average molecular weight is 602 g/mol. The van der Waals surface area contributed by atoms with Crippen molar-refractivity contribution in [3.05, 3.63) is 149 Å². The first-order chi connectivity index (χ1) is 22.4. The van der Waals surface area contributed by atoms with E-state index in [1.807, 2.05) is 0 Å². The molecule has 2 aliphatic rings. The van der Waals surface area contributed by atoms with Crippen LogP contribution in [-0.2, 0) is 0 Å². The summed E-state index contributed by atoms with van der Waals surface area (Å²) in [5, 5.41) is 12.2. The molecule has 5 nitrogen and oxygen atoms in total. The lowest BCUT2D eigenvalue weighted by atomic mass is 9.35. The van der Waals surface area contributed by atoms with Crippen LogP contribution in [-0.4, -0.2) is 29.0 Å². The molecule has 0 saturated carbocycles. The van der Waals surface area contributed by atoms with Gasteiger partial charge >= 0.3 is 0 Å². The topological polar surface area (TPSA) is 36.7 Å². The molecular weight excluding hydrogens is 561 g/mol. The minimum absolute atomic E-state index is 0.0425. The van der Waals surface area contributed by atoms with Crippen LogP contribution in [0.25, 0.3) is 5.69 Å². The van der Waals surface area contributed by atoms with Gasteiger partial charge < -0.3 is 4.90 Å². The Morgan fingerprint density at radius 2 is 1.37 bits per heavy atom. The monoisotopic (exact) mass is 601 g/mol. The Labute approximate surface area is 273 Å². The van der Waals surface area contributed by atoms with Crippen molar-refractivity contribution in [3.63, 3.8) is 0 Å². The van der Waals surface area contributed by atoms with Crippen LogP contribution in [0.15, 0.2) is 127 Å². The molecule has 0 spiro atoms. The standard InChI is InChI=1S/C40H40BN5/c1-28-22-29(2)39(30(3)23-28)41(34-16-12-20-37(24-34)45-26-31(4)40(43-45)33-14-8-6-9-15-33)35-17-13-21-38(25-35)46-27-44(32(5)42-46)36-18-10-7-11-19-36/h6-14,16-26,33H,15,27H2,1-5H3/t33-/m1/s1. The van der Waals surface area contributed by atoms with Crippen LogP contribution in [0.3, 0.4) is 0 Å². The number of aryl methyl sites for hydroxylation is 4. The minimum atomic E-state index is 0.0425. The van der Waals surface area contributed by atoms with Gasteiger partial charge in [0, 0.05) is 17.8 Å². The fourth-order valence-electron chi connectivity index (χ4n) is 7.15. The van der Waals surface area contributed by atoms with Gasteiger partial charge in [-0.15, -0.1) is 0 Å². The summed E-state index contributed by atoms with van der Waals surface area (Å²) in [4.78, 5) is 2.25. The van der Waals surface area contributed by atoms with E-state index in [0.717, 1.165) is 35.0 Å². The van der Waals surface area contributed by atoms with E-state index in [2.05, 4.69) is 171 Å². The Balaban J connectivity index is 1.29. The Bertz CT molecular complexity index is 1960. The normalized spacial score (nSPS) is 15.8. The van der Waals surface area contributed by atoms with Crippen molar-refractivity contribution in [2.24, 2.45) is 5.10 Å². The summed E-state index contributed by atoms with van der Waals surface area (Å²) in [5.41, 5.74) is 13.4. The van der Waals surface area contributed by atoms with Crippen LogP contribution >= 0.6 is 0 Å². The molecule has 2 heterocycles. The maximum atomic E-state index is 5.11. The van der Waals surface area contributed by atoms with Crippen LogP contribution in [0.5, 0.6) is 0 Å². The number of amidine groups is 1. The van der Waals surface area contributed by atoms with Gasteiger partial charge in [-0.3, -0.25) is 0 Å². The second-order valence-electron chi connectivity index (χ2n) is 12.7. The number of rotatable bonds is 7. The lowest BCUT2D eigenvalue weighted by molar-refractivity contribution is 0.764. The third-order valence-electron chi connectivity index (χ3n) is 9.26. The molecule has 0 fully saturated rings. The summed E-state index contributed by atoms with van der Waals surface area (Å²) in [5.74, 6) is 1.30. The van der Waals surface area contributed by atoms with Crippen molar-refractivity contribution in [3.8, 4) is 5.69 Å². The van der Waals surface area contributed by atoms with E-state index in [1.54, 1.807) is 0 Å². The molecule has 0 amide bonds. The first kappa shape index (κ1) is 29.6. The molecule has 1 aliphatic carbocycles. The van der Waals surface area contributed by atoms with E-state index in [-0.39, 0.29) is 6.71 Å². The molecule has 7 rings (SSSR count). The number of hydrogen-bond donors (Lipinski definition) is 0. The molecule has 4 aromatic carbocycles. The number of benzene rings is 4. The summed E-state index contributed by atoms with van der Waals surface area (Å²) >= 11 is 0. The van der Waals surface area contributed by atoms with E-state index >= 15 is 0 Å². The zero-order valence-electron chi connectivity index (χ0n) is 27.4. The SMILES string of the molecule is CC1=NN(c2cccc(B(c3cccc(-n4cc(C)c([C@@H]5C=CC=CC5)n4)c3)c3c(C)cc(C)cc3C)c2)CN1c1ccccc1. The number of anilines is 2. The molecule has 46 heavy (non-hydrogen) atoms. The van der Waals surface area contributed by atoms with Crippen LogP contribution in [0.2, 0.25) is 0 Å². The second-order valence-corrected chi connectivity index (χ2v) is 12.7. The van der Waals surface area contributed by atoms with Crippen LogP contribution in [0.4, 0.5) is 11.4 Å². The van der Waals surface area contributed by atoms with E-state index in [1.165, 1.54) is 38.6 Å². The van der Waals surface area contributed by atoms with E-state index in [0.29, 0.717) is 12.6 Å². The Hall–Kier alpha value is -5.10. The molecule has 1 aromatic heterocycles. The molecule has 5 aromatic rings. The first-order valence-corrected chi connectivity index (χ1v) is 16.2. The zero-order valence-corrected chi connectivity index (χ0v) is 27.4. The highest BCUT2D eigenvalue weighted by molar-refractivity contribution is 6.96. The maximum Gasteiger partial charge on any atom is 0.242 e. The Morgan fingerprint density at radius 1 is 0.696 bits per heavy atom. The predicted molar refractivity (Wildman–Crippen MR) is 195 cm³/mol. The fraction of sp³-hybridized carbons (Fsp3) is 0.200. The van der Waals surface area contributed by atoms with Crippen LogP contribution < -0.4 is 26.3 Å². The van der Waals surface area contributed by atoms with Crippen molar-refractivity contribution in [2.45, 2.75) is 47.0 Å². The molecule has 0 saturated heterocycles. The van der Waals surface area contributed by atoms with E-state index < -0.39 is 0 Å². The maximum absolute atomic E-state index is 5.11. The largest absolute Gasteiger partial charge is 0.308 e. The molecule has 0 radical (unpaired) electrons. The van der Waals surface area contributed by atoms with Gasteiger partial charge in [0.05, 0.1) is 17.1 Å². The Kier molecular flexibility index (Phi) is 7.96. The van der Waals surface area contributed by atoms with Crippen LogP contribution in [0.1, 0.15) is 47.2 Å². The summed E-state index contributed by atoms with van der Waals surface area (Å²) in [6, 6.07) is 32.9. The highest BCUT2D eigenvalue weighted by atomic mass is 15.6. The van der Waals surface area contributed by atoms with E-state index in [9.17, 15) is 0 Å². The number of hydrogen-bond acceptors (Lipinski definition) is 4. The van der Waals surface area contributed by atoms with Crippen LogP contribution in [0, 0.1) is 27.7 Å². The van der Waals surface area contributed by atoms with Crippen molar-refractivity contribution >= 4 is 40.3 Å². The van der Waals surface area contributed by atoms with Crippen molar-refractivity contribution in [1.29, 1.82) is 0 Å². The summed E-state index contributed by atoms with van der Waals surface area (Å²) in [6.07, 6.45) is 11.9. The van der Waals surface area contributed by atoms with Gasteiger partial charge in [-0.05, 0) is 83.0 Å². The molecular formula is C40H40BN5. The van der Waals surface area contributed by atoms with Crippen molar-refractivity contribution in [2.75, 3.05) is 16.6 Å². The van der Waals surface area contributed by atoms with Crippen molar-refractivity contribution < 1.29 is 0 Å². The van der Waals surface area contributed by atoms with Gasteiger partial charge in [-0.25, -0.2) is 9.69 Å². The Morgan fingerprint density at radius 3 is 2.07 bits per heavy atom. The highest BCUT2D eigenvalue weighted by Gasteiger charge is 2.28. The van der Waals surface area contributed by atoms with Gasteiger partial charge in [0.25, 0.3) is 0 Å². The van der Waals surface area contributed by atoms with Gasteiger partial charge in [0.1, 0.15) is 12.5 Å². The fourth-order valence-corrected chi connectivity index (χ4v) is 7.15. The highest BCUT2D eigenvalue weighted by Crippen LogP contribution is 2.27. The summed E-state index contributed by atoms with van der Waals surface area (Å²) in [7, 11) is 0.